The molecular weight excluding hydrogens is 254 g/mol. The van der Waals surface area contributed by atoms with E-state index in [9.17, 15) is 4.79 Å². The standard InChI is InChI=1S/C15H13N3O2/c1-20-9-6-7-11(16)10(8-9)14-15(19)18-13-5-3-2-4-12(13)17-14/h2-8H,16H2,1H3,(H,18,19). The first-order valence-electron chi connectivity index (χ1n) is 6.12. The molecule has 0 bridgehead atoms. The lowest BCUT2D eigenvalue weighted by Gasteiger charge is -2.08. The summed E-state index contributed by atoms with van der Waals surface area (Å²) in [4.78, 5) is 19.4. The second-order valence-corrected chi connectivity index (χ2v) is 4.38. The Labute approximate surface area is 115 Å². The van der Waals surface area contributed by atoms with Gasteiger partial charge in [0.05, 0.1) is 18.1 Å². The van der Waals surface area contributed by atoms with Crippen molar-refractivity contribution in [1.82, 2.24) is 9.97 Å². The number of fused-ring (bicyclic) bond motifs is 1. The number of para-hydroxylation sites is 2. The minimum Gasteiger partial charge on any atom is -0.497 e. The van der Waals surface area contributed by atoms with Crippen LogP contribution in [0.2, 0.25) is 0 Å². The molecule has 0 saturated carbocycles. The van der Waals surface area contributed by atoms with Crippen molar-refractivity contribution < 1.29 is 4.74 Å². The molecule has 3 rings (SSSR count). The first-order chi connectivity index (χ1) is 9.69. The molecule has 0 aliphatic rings. The van der Waals surface area contributed by atoms with E-state index >= 15 is 0 Å². The van der Waals surface area contributed by atoms with Crippen LogP contribution in [0.1, 0.15) is 0 Å². The van der Waals surface area contributed by atoms with E-state index in [1.165, 1.54) is 0 Å². The number of nitrogens with zero attached hydrogens (tertiary/aromatic N) is 1. The van der Waals surface area contributed by atoms with Gasteiger partial charge in [-0.05, 0) is 30.3 Å². The predicted octanol–water partition coefficient (Wildman–Crippen LogP) is 2.18. The van der Waals surface area contributed by atoms with E-state index < -0.39 is 0 Å². The van der Waals surface area contributed by atoms with E-state index in [-0.39, 0.29) is 5.56 Å². The number of aromatic nitrogens is 2. The highest BCUT2D eigenvalue weighted by molar-refractivity contribution is 5.80. The van der Waals surface area contributed by atoms with Crippen molar-refractivity contribution >= 4 is 16.7 Å². The maximum atomic E-state index is 12.2. The first kappa shape index (κ1) is 12.2. The van der Waals surface area contributed by atoms with Crippen molar-refractivity contribution in [3.05, 3.63) is 52.8 Å². The van der Waals surface area contributed by atoms with Gasteiger partial charge in [0, 0.05) is 11.3 Å². The highest BCUT2D eigenvalue weighted by Gasteiger charge is 2.11. The van der Waals surface area contributed by atoms with Crippen LogP contribution in [0.5, 0.6) is 5.75 Å². The summed E-state index contributed by atoms with van der Waals surface area (Å²) in [6, 6.07) is 12.5. The van der Waals surface area contributed by atoms with Gasteiger partial charge in [-0.3, -0.25) is 4.79 Å². The number of aromatic amines is 1. The van der Waals surface area contributed by atoms with E-state index in [0.29, 0.717) is 33.7 Å². The number of anilines is 1. The zero-order valence-electron chi connectivity index (χ0n) is 10.9. The molecule has 3 N–H and O–H groups in total. The Kier molecular flexibility index (Phi) is 2.87. The van der Waals surface area contributed by atoms with Gasteiger partial charge in [0.15, 0.2) is 0 Å². The SMILES string of the molecule is COc1ccc(N)c(-c2nc3ccccc3[nH]c2=O)c1. The van der Waals surface area contributed by atoms with Gasteiger partial charge in [0.1, 0.15) is 11.4 Å². The van der Waals surface area contributed by atoms with Crippen LogP contribution >= 0.6 is 0 Å². The van der Waals surface area contributed by atoms with Crippen molar-refractivity contribution in [2.75, 3.05) is 12.8 Å². The quantitative estimate of drug-likeness (QED) is 0.697. The summed E-state index contributed by atoms with van der Waals surface area (Å²) in [5.74, 6) is 0.628. The molecule has 0 saturated heterocycles. The zero-order valence-corrected chi connectivity index (χ0v) is 10.9. The summed E-state index contributed by atoms with van der Waals surface area (Å²) < 4.78 is 5.16. The van der Waals surface area contributed by atoms with E-state index in [1.54, 1.807) is 25.3 Å². The van der Waals surface area contributed by atoms with E-state index in [1.807, 2.05) is 24.3 Å². The van der Waals surface area contributed by atoms with Crippen LogP contribution in [0.4, 0.5) is 5.69 Å². The lowest BCUT2D eigenvalue weighted by molar-refractivity contribution is 0.415. The minimum absolute atomic E-state index is 0.274. The molecule has 0 aliphatic heterocycles. The number of benzene rings is 2. The smallest absolute Gasteiger partial charge is 0.275 e. The molecule has 0 amide bonds. The summed E-state index contributed by atoms with van der Waals surface area (Å²) in [7, 11) is 1.56. The zero-order chi connectivity index (χ0) is 14.1. The molecular formula is C15H13N3O2. The normalized spacial score (nSPS) is 10.7. The minimum atomic E-state index is -0.274. The summed E-state index contributed by atoms with van der Waals surface area (Å²) in [6.07, 6.45) is 0. The number of nitrogens with one attached hydrogen (secondary N) is 1. The van der Waals surface area contributed by atoms with Crippen molar-refractivity contribution in [2.24, 2.45) is 0 Å². The molecule has 1 aromatic heterocycles. The lowest BCUT2D eigenvalue weighted by Crippen LogP contribution is -2.12. The average Bonchev–Trinajstić information content (AvgIpc) is 2.47. The van der Waals surface area contributed by atoms with Gasteiger partial charge in [0.25, 0.3) is 5.56 Å². The topological polar surface area (TPSA) is 81.0 Å². The number of H-pyrrole nitrogens is 1. The van der Waals surface area contributed by atoms with Crippen molar-refractivity contribution in [2.45, 2.75) is 0 Å². The van der Waals surface area contributed by atoms with E-state index in [2.05, 4.69) is 9.97 Å². The van der Waals surface area contributed by atoms with E-state index in [4.69, 9.17) is 10.5 Å². The summed E-state index contributed by atoms with van der Waals surface area (Å²) in [6.45, 7) is 0. The van der Waals surface area contributed by atoms with Gasteiger partial charge in [-0.2, -0.15) is 0 Å². The van der Waals surface area contributed by atoms with Crippen LogP contribution in [0.15, 0.2) is 47.3 Å². The molecule has 20 heavy (non-hydrogen) atoms. The van der Waals surface area contributed by atoms with Crippen LogP contribution in [0.25, 0.3) is 22.3 Å². The third kappa shape index (κ3) is 1.99. The second-order valence-electron chi connectivity index (χ2n) is 4.38. The molecule has 0 spiro atoms. The van der Waals surface area contributed by atoms with Crippen molar-refractivity contribution in [3.8, 4) is 17.0 Å². The van der Waals surface area contributed by atoms with Crippen LogP contribution in [0.3, 0.4) is 0 Å². The predicted molar refractivity (Wildman–Crippen MR) is 78.8 cm³/mol. The Morgan fingerprint density at radius 2 is 2.00 bits per heavy atom. The summed E-state index contributed by atoms with van der Waals surface area (Å²) in [5.41, 5.74) is 8.42. The molecule has 5 heteroatoms. The van der Waals surface area contributed by atoms with Crippen molar-refractivity contribution in [3.63, 3.8) is 0 Å². The Hall–Kier alpha value is -2.82. The third-order valence-electron chi connectivity index (χ3n) is 3.12. The van der Waals surface area contributed by atoms with Gasteiger partial charge in [0.2, 0.25) is 0 Å². The molecule has 5 nitrogen and oxygen atoms in total. The number of rotatable bonds is 2. The molecule has 3 aromatic rings. The molecule has 0 aliphatic carbocycles. The van der Waals surface area contributed by atoms with E-state index in [0.717, 1.165) is 0 Å². The Bertz CT molecular complexity index is 840. The Morgan fingerprint density at radius 3 is 2.80 bits per heavy atom. The lowest BCUT2D eigenvalue weighted by atomic mass is 10.1. The molecule has 0 fully saturated rings. The molecule has 1 heterocycles. The fraction of sp³-hybridized carbons (Fsp3) is 0.0667. The largest absolute Gasteiger partial charge is 0.497 e. The first-order valence-corrected chi connectivity index (χ1v) is 6.12. The Morgan fingerprint density at radius 1 is 1.20 bits per heavy atom. The molecule has 0 radical (unpaired) electrons. The van der Waals surface area contributed by atoms with Gasteiger partial charge >= 0.3 is 0 Å². The third-order valence-corrected chi connectivity index (χ3v) is 3.12. The molecule has 100 valence electrons. The number of hydrogen-bond acceptors (Lipinski definition) is 4. The number of nitrogens with two attached hydrogens (primary N) is 1. The summed E-state index contributed by atoms with van der Waals surface area (Å²) in [5, 5.41) is 0. The molecule has 0 unspecified atom stereocenters. The second kappa shape index (κ2) is 4.70. The van der Waals surface area contributed by atoms with Gasteiger partial charge in [-0.25, -0.2) is 4.98 Å². The van der Waals surface area contributed by atoms with Gasteiger partial charge < -0.3 is 15.5 Å². The maximum absolute atomic E-state index is 12.2. The van der Waals surface area contributed by atoms with Crippen LogP contribution in [-0.2, 0) is 0 Å². The van der Waals surface area contributed by atoms with Gasteiger partial charge in [-0.15, -0.1) is 0 Å². The highest BCUT2D eigenvalue weighted by Crippen LogP contribution is 2.27. The van der Waals surface area contributed by atoms with Crippen LogP contribution < -0.4 is 16.0 Å². The fourth-order valence-electron chi connectivity index (χ4n) is 2.08. The van der Waals surface area contributed by atoms with Crippen LogP contribution in [0, 0.1) is 0 Å². The van der Waals surface area contributed by atoms with Gasteiger partial charge in [-0.1, -0.05) is 12.1 Å². The number of methoxy groups -OCH3 is 1. The number of nitrogen functional groups attached to an aromatic ring is 1. The van der Waals surface area contributed by atoms with Crippen molar-refractivity contribution in [1.29, 1.82) is 0 Å². The average molecular weight is 267 g/mol. The number of hydrogen-bond donors (Lipinski definition) is 2. The summed E-state index contributed by atoms with van der Waals surface area (Å²) >= 11 is 0. The maximum Gasteiger partial charge on any atom is 0.275 e. The fourth-order valence-corrected chi connectivity index (χ4v) is 2.08. The number of ether oxygens (including phenoxy) is 1. The van der Waals surface area contributed by atoms with Crippen LogP contribution in [-0.4, -0.2) is 17.1 Å². The monoisotopic (exact) mass is 267 g/mol. The molecule has 0 atom stereocenters. The molecule has 2 aromatic carbocycles. The highest BCUT2D eigenvalue weighted by atomic mass is 16.5. The Balaban J connectivity index is 2.29.